The van der Waals surface area contributed by atoms with Crippen molar-refractivity contribution in [2.75, 3.05) is 7.05 Å². The van der Waals surface area contributed by atoms with Crippen molar-refractivity contribution in [2.24, 2.45) is 5.92 Å². The van der Waals surface area contributed by atoms with Crippen LogP contribution in [0.5, 0.6) is 0 Å². The van der Waals surface area contributed by atoms with Gasteiger partial charge in [0.15, 0.2) is 0 Å². The first-order chi connectivity index (χ1) is 8.04. The zero-order chi connectivity index (χ0) is 13.0. The maximum Gasteiger partial charge on any atom is 0.0847 e. The highest BCUT2D eigenvalue weighted by Crippen LogP contribution is 2.25. The van der Waals surface area contributed by atoms with Gasteiger partial charge in [-0.05, 0) is 40.2 Å². The zero-order valence-corrected chi connectivity index (χ0v) is 12.3. The molecule has 0 fully saturated rings. The Morgan fingerprint density at radius 3 is 2.53 bits per heavy atom. The predicted molar refractivity (Wildman–Crippen MR) is 73.7 cm³/mol. The van der Waals surface area contributed by atoms with Gasteiger partial charge in [0, 0.05) is 12.6 Å². The Labute approximate surface area is 110 Å². The molecule has 0 aliphatic carbocycles. The van der Waals surface area contributed by atoms with Crippen LogP contribution in [-0.4, -0.2) is 22.9 Å². The lowest BCUT2D eigenvalue weighted by molar-refractivity contribution is 0.371. The number of nitrogens with zero attached hydrogens (tertiary/aromatic N) is 2. The molecule has 1 heterocycles. The summed E-state index contributed by atoms with van der Waals surface area (Å²) in [6.07, 6.45) is 2.14. The fourth-order valence-electron chi connectivity index (χ4n) is 2.22. The molecule has 0 aliphatic heterocycles. The lowest BCUT2D eigenvalue weighted by Crippen LogP contribution is -2.32. The van der Waals surface area contributed by atoms with Crippen molar-refractivity contribution in [1.82, 2.24) is 15.1 Å². The summed E-state index contributed by atoms with van der Waals surface area (Å²) in [6.45, 7) is 9.41. The molecule has 1 aromatic rings. The Kier molecular flexibility index (Phi) is 5.47. The second-order valence-electron chi connectivity index (χ2n) is 4.61. The number of aromatic nitrogens is 2. The average molecular weight is 258 g/mol. The summed E-state index contributed by atoms with van der Waals surface area (Å²) in [4.78, 5) is 0. The van der Waals surface area contributed by atoms with Gasteiger partial charge in [-0.3, -0.25) is 4.68 Å². The van der Waals surface area contributed by atoms with Crippen molar-refractivity contribution in [3.63, 3.8) is 0 Å². The Hall–Kier alpha value is -0.540. The van der Waals surface area contributed by atoms with E-state index in [0.29, 0.717) is 12.0 Å². The monoisotopic (exact) mass is 257 g/mol. The first-order valence-electron chi connectivity index (χ1n) is 6.44. The van der Waals surface area contributed by atoms with Crippen LogP contribution in [0, 0.1) is 12.8 Å². The van der Waals surface area contributed by atoms with Gasteiger partial charge in [-0.1, -0.05) is 24.9 Å². The molecule has 0 saturated heterocycles. The van der Waals surface area contributed by atoms with Crippen LogP contribution in [0.3, 0.4) is 0 Å². The molecule has 0 aromatic carbocycles. The minimum Gasteiger partial charge on any atom is -0.317 e. The third kappa shape index (κ3) is 3.23. The Balaban J connectivity index is 2.92. The first kappa shape index (κ1) is 14.5. The second kappa shape index (κ2) is 6.41. The van der Waals surface area contributed by atoms with Gasteiger partial charge < -0.3 is 5.32 Å². The molecule has 3 nitrogen and oxygen atoms in total. The number of nitrogens with one attached hydrogen (secondary N) is 1. The van der Waals surface area contributed by atoms with E-state index in [1.165, 1.54) is 5.69 Å². The fraction of sp³-hybridized carbons (Fsp3) is 0.769. The fourth-order valence-corrected chi connectivity index (χ4v) is 2.44. The molecule has 1 aromatic heterocycles. The molecule has 1 rings (SSSR count). The number of aryl methyl sites for hydroxylation is 2. The summed E-state index contributed by atoms with van der Waals surface area (Å²) in [5, 5.41) is 8.63. The van der Waals surface area contributed by atoms with Crippen molar-refractivity contribution < 1.29 is 0 Å². The number of hydrogen-bond donors (Lipinski definition) is 1. The van der Waals surface area contributed by atoms with E-state index in [1.54, 1.807) is 0 Å². The number of rotatable bonds is 6. The molecule has 98 valence electrons. The van der Waals surface area contributed by atoms with E-state index in [4.69, 9.17) is 11.6 Å². The van der Waals surface area contributed by atoms with E-state index in [0.717, 1.165) is 30.1 Å². The van der Waals surface area contributed by atoms with Crippen molar-refractivity contribution in [3.8, 4) is 0 Å². The molecule has 0 bridgehead atoms. The van der Waals surface area contributed by atoms with Gasteiger partial charge in [0.2, 0.25) is 0 Å². The van der Waals surface area contributed by atoms with Crippen molar-refractivity contribution >= 4 is 11.6 Å². The van der Waals surface area contributed by atoms with E-state index >= 15 is 0 Å². The first-order valence-corrected chi connectivity index (χ1v) is 6.81. The standard InChI is InChI=1S/C13H24ClN3/c1-6-11(9(3)15-5)8-12-13(14)10(4)16-17(12)7-2/h9,11,15H,6-8H2,1-5H3. The van der Waals surface area contributed by atoms with Crippen LogP contribution in [-0.2, 0) is 13.0 Å². The van der Waals surface area contributed by atoms with Gasteiger partial charge in [0.1, 0.15) is 0 Å². The normalized spacial score (nSPS) is 14.9. The lowest BCUT2D eigenvalue weighted by Gasteiger charge is -2.22. The van der Waals surface area contributed by atoms with Crippen LogP contribution in [0.15, 0.2) is 0 Å². The van der Waals surface area contributed by atoms with Crippen LogP contribution in [0.2, 0.25) is 5.02 Å². The van der Waals surface area contributed by atoms with E-state index in [2.05, 4.69) is 31.2 Å². The summed E-state index contributed by atoms with van der Waals surface area (Å²) in [5.74, 6) is 0.596. The molecular weight excluding hydrogens is 234 g/mol. The van der Waals surface area contributed by atoms with Gasteiger partial charge in [-0.15, -0.1) is 0 Å². The number of halogens is 1. The molecule has 2 unspecified atom stereocenters. The summed E-state index contributed by atoms with van der Waals surface area (Å²) in [5.41, 5.74) is 2.12. The summed E-state index contributed by atoms with van der Waals surface area (Å²) in [7, 11) is 2.01. The van der Waals surface area contributed by atoms with Crippen LogP contribution in [0.25, 0.3) is 0 Å². The third-order valence-corrected chi connectivity index (χ3v) is 4.09. The average Bonchev–Trinajstić information content (AvgIpc) is 2.61. The Morgan fingerprint density at radius 1 is 1.41 bits per heavy atom. The minimum absolute atomic E-state index is 0.497. The van der Waals surface area contributed by atoms with Crippen molar-refractivity contribution in [1.29, 1.82) is 0 Å². The van der Waals surface area contributed by atoms with Gasteiger partial charge in [-0.25, -0.2) is 0 Å². The highest BCUT2D eigenvalue weighted by atomic mass is 35.5. The Bertz CT molecular complexity index is 360. The highest BCUT2D eigenvalue weighted by Gasteiger charge is 2.20. The quantitative estimate of drug-likeness (QED) is 0.849. The molecule has 17 heavy (non-hydrogen) atoms. The molecule has 0 aliphatic rings. The van der Waals surface area contributed by atoms with Crippen molar-refractivity contribution in [2.45, 2.75) is 53.1 Å². The van der Waals surface area contributed by atoms with Gasteiger partial charge >= 0.3 is 0 Å². The summed E-state index contributed by atoms with van der Waals surface area (Å²) >= 11 is 6.34. The second-order valence-corrected chi connectivity index (χ2v) is 4.99. The largest absolute Gasteiger partial charge is 0.317 e. The molecule has 0 amide bonds. The molecule has 0 spiro atoms. The number of hydrogen-bond acceptors (Lipinski definition) is 2. The summed E-state index contributed by atoms with van der Waals surface area (Å²) < 4.78 is 2.03. The zero-order valence-electron chi connectivity index (χ0n) is 11.5. The topological polar surface area (TPSA) is 29.9 Å². The Morgan fingerprint density at radius 2 is 2.06 bits per heavy atom. The SMILES string of the molecule is CCC(Cc1c(Cl)c(C)nn1CC)C(C)NC. The van der Waals surface area contributed by atoms with Crippen LogP contribution in [0.4, 0.5) is 0 Å². The van der Waals surface area contributed by atoms with Gasteiger partial charge in [0.25, 0.3) is 0 Å². The summed E-state index contributed by atoms with van der Waals surface area (Å²) in [6, 6.07) is 0.497. The van der Waals surface area contributed by atoms with E-state index in [1.807, 2.05) is 18.7 Å². The molecule has 1 N–H and O–H groups in total. The van der Waals surface area contributed by atoms with Crippen LogP contribution < -0.4 is 5.32 Å². The maximum atomic E-state index is 6.34. The maximum absolute atomic E-state index is 6.34. The van der Waals surface area contributed by atoms with Gasteiger partial charge in [-0.2, -0.15) is 5.10 Å². The predicted octanol–water partition coefficient (Wildman–Crippen LogP) is 3.04. The molecule has 2 atom stereocenters. The van der Waals surface area contributed by atoms with Crippen LogP contribution >= 0.6 is 11.6 Å². The van der Waals surface area contributed by atoms with E-state index in [-0.39, 0.29) is 0 Å². The molecule has 4 heteroatoms. The van der Waals surface area contributed by atoms with Crippen molar-refractivity contribution in [3.05, 3.63) is 16.4 Å². The van der Waals surface area contributed by atoms with Gasteiger partial charge in [0.05, 0.1) is 16.4 Å². The van der Waals surface area contributed by atoms with Crippen LogP contribution in [0.1, 0.15) is 38.6 Å². The third-order valence-electron chi connectivity index (χ3n) is 3.60. The molecular formula is C13H24ClN3. The molecule has 0 radical (unpaired) electrons. The minimum atomic E-state index is 0.497. The lowest BCUT2D eigenvalue weighted by atomic mass is 9.93. The molecule has 0 saturated carbocycles. The van der Waals surface area contributed by atoms with E-state index < -0.39 is 0 Å². The smallest absolute Gasteiger partial charge is 0.0847 e. The van der Waals surface area contributed by atoms with E-state index in [9.17, 15) is 0 Å². The highest BCUT2D eigenvalue weighted by molar-refractivity contribution is 6.31.